The zero-order valence-corrected chi connectivity index (χ0v) is 23.8. The van der Waals surface area contributed by atoms with Crippen LogP contribution in [0.25, 0.3) is 0 Å². The van der Waals surface area contributed by atoms with Gasteiger partial charge in [0.1, 0.15) is 6.54 Å². The molecule has 0 saturated carbocycles. The number of morpholine rings is 1. The minimum absolute atomic E-state index is 0.0292. The van der Waals surface area contributed by atoms with E-state index in [0.717, 1.165) is 30.1 Å². The molecule has 2 aliphatic heterocycles. The molecule has 1 atom stereocenters. The highest BCUT2D eigenvalue weighted by Gasteiger charge is 2.45. The van der Waals surface area contributed by atoms with Gasteiger partial charge >= 0.3 is 12.2 Å². The molecule has 2 heterocycles. The van der Waals surface area contributed by atoms with Crippen LogP contribution in [0.2, 0.25) is 0 Å². The molecule has 2 aromatic rings. The summed E-state index contributed by atoms with van der Waals surface area (Å²) < 4.78 is 46.3. The molecule has 43 heavy (non-hydrogen) atoms. The van der Waals surface area contributed by atoms with E-state index in [1.54, 1.807) is 31.3 Å². The molecule has 12 heteroatoms. The summed E-state index contributed by atoms with van der Waals surface area (Å²) in [6.45, 7) is 3.33. The first-order chi connectivity index (χ1) is 20.6. The van der Waals surface area contributed by atoms with E-state index in [1.165, 1.54) is 21.9 Å². The van der Waals surface area contributed by atoms with Gasteiger partial charge in [-0.25, -0.2) is 4.79 Å². The van der Waals surface area contributed by atoms with Gasteiger partial charge in [-0.1, -0.05) is 18.2 Å². The van der Waals surface area contributed by atoms with E-state index in [9.17, 15) is 32.8 Å². The number of alkyl halides is 3. The molecule has 226 valence electrons. The summed E-state index contributed by atoms with van der Waals surface area (Å²) in [4.78, 5) is 47.5. The topological polar surface area (TPSA) is 97.2 Å². The van der Waals surface area contributed by atoms with Crippen molar-refractivity contribution in [3.63, 3.8) is 0 Å². The van der Waals surface area contributed by atoms with Crippen LogP contribution < -0.4 is 4.90 Å². The van der Waals surface area contributed by atoms with Crippen molar-refractivity contribution in [3.8, 4) is 6.07 Å². The maximum absolute atomic E-state index is 14.3. The number of hydrogen-bond donors (Lipinski definition) is 0. The maximum atomic E-state index is 14.3. The van der Waals surface area contributed by atoms with E-state index in [-0.39, 0.29) is 29.4 Å². The summed E-state index contributed by atoms with van der Waals surface area (Å²) in [5.41, 5.74) is 0.560. The number of halogens is 3. The summed E-state index contributed by atoms with van der Waals surface area (Å²) in [5, 5.41) is 9.30. The quantitative estimate of drug-likeness (QED) is 0.472. The molecule has 5 rings (SSSR count). The molecule has 1 saturated heterocycles. The molecular formula is C31H32F3N5O4. The van der Waals surface area contributed by atoms with Crippen LogP contribution >= 0.6 is 0 Å². The summed E-state index contributed by atoms with van der Waals surface area (Å²) >= 11 is 0. The molecule has 3 amide bonds. The number of carbonyl (C=O) groups is 3. The maximum Gasteiger partial charge on any atom is 0.416 e. The van der Waals surface area contributed by atoms with Crippen molar-refractivity contribution in [2.24, 2.45) is 0 Å². The van der Waals surface area contributed by atoms with Crippen molar-refractivity contribution < 1.29 is 32.3 Å². The minimum Gasteiger partial charge on any atom is -0.379 e. The molecule has 0 N–H and O–H groups in total. The van der Waals surface area contributed by atoms with Crippen LogP contribution in [0.3, 0.4) is 0 Å². The Hall–Kier alpha value is -4.21. The second-order valence-electron chi connectivity index (χ2n) is 10.8. The number of ether oxygens (including phenoxy) is 1. The number of urea groups is 1. The fourth-order valence-electron chi connectivity index (χ4n) is 5.74. The fraction of sp³-hybridized carbons (Fsp3) is 0.419. The van der Waals surface area contributed by atoms with Crippen molar-refractivity contribution in [2.75, 3.05) is 57.9 Å². The van der Waals surface area contributed by atoms with Gasteiger partial charge in [-0.3, -0.25) is 19.4 Å². The van der Waals surface area contributed by atoms with E-state index in [4.69, 9.17) is 4.74 Å². The third-order valence-electron chi connectivity index (χ3n) is 8.09. The van der Waals surface area contributed by atoms with Crippen molar-refractivity contribution in [1.82, 2.24) is 14.7 Å². The number of carbonyl (C=O) groups excluding carboxylic acids is 3. The molecule has 0 aromatic heterocycles. The van der Waals surface area contributed by atoms with Crippen LogP contribution in [-0.4, -0.2) is 85.4 Å². The Morgan fingerprint density at radius 3 is 2.49 bits per heavy atom. The van der Waals surface area contributed by atoms with Crippen molar-refractivity contribution in [2.45, 2.75) is 31.5 Å². The van der Waals surface area contributed by atoms with Gasteiger partial charge in [-0.2, -0.15) is 18.4 Å². The number of ketones is 1. The van der Waals surface area contributed by atoms with Crippen LogP contribution in [0.15, 0.2) is 59.8 Å². The molecule has 1 aliphatic carbocycles. The molecule has 0 bridgehead atoms. The molecule has 1 fully saturated rings. The highest BCUT2D eigenvalue weighted by atomic mass is 19.4. The number of allylic oxidation sites excluding steroid dienone is 1. The van der Waals surface area contributed by atoms with Crippen molar-refractivity contribution in [3.05, 3.63) is 76.5 Å². The number of amides is 3. The first-order valence-electron chi connectivity index (χ1n) is 14.2. The number of rotatable bonds is 7. The minimum atomic E-state index is -4.64. The van der Waals surface area contributed by atoms with E-state index >= 15 is 0 Å². The predicted octanol–water partition coefficient (Wildman–Crippen LogP) is 4.36. The van der Waals surface area contributed by atoms with Crippen LogP contribution in [-0.2, 0) is 20.5 Å². The third-order valence-corrected chi connectivity index (χ3v) is 8.09. The lowest BCUT2D eigenvalue weighted by Gasteiger charge is -2.45. The fourth-order valence-corrected chi connectivity index (χ4v) is 5.74. The lowest BCUT2D eigenvalue weighted by atomic mass is 9.83. The lowest BCUT2D eigenvalue weighted by Crippen LogP contribution is -2.55. The average Bonchev–Trinajstić information content (AvgIpc) is 3.00. The first kappa shape index (κ1) is 30.3. The zero-order valence-electron chi connectivity index (χ0n) is 23.8. The van der Waals surface area contributed by atoms with Gasteiger partial charge in [-0.05, 0) is 48.7 Å². The standard InChI is InChI=1S/C31H32F3N5O4/c1-36(12-13-37-14-16-43-17-15-37)27(41)20-38-29(22-10-8-21(19-35)9-11-22)28-25(6-3-7-26(28)40)39(30(38)42)24-5-2-4-23(18-24)31(32,33)34/h2,4-5,8-11,18,29H,3,6-7,12-17,20H2,1H3. The summed E-state index contributed by atoms with van der Waals surface area (Å²) in [6, 6.07) is 11.3. The van der Waals surface area contributed by atoms with Crippen molar-refractivity contribution >= 4 is 23.4 Å². The molecule has 0 spiro atoms. The zero-order chi connectivity index (χ0) is 30.7. The van der Waals surface area contributed by atoms with Crippen molar-refractivity contribution in [1.29, 1.82) is 5.26 Å². The normalized spacial score (nSPS) is 19.7. The van der Waals surface area contributed by atoms with Gasteiger partial charge in [0.15, 0.2) is 5.78 Å². The second-order valence-corrected chi connectivity index (χ2v) is 10.8. The monoisotopic (exact) mass is 595 g/mol. The van der Waals surface area contributed by atoms with Crippen LogP contribution in [0.5, 0.6) is 0 Å². The predicted molar refractivity (Wildman–Crippen MR) is 151 cm³/mol. The third kappa shape index (κ3) is 6.43. The highest BCUT2D eigenvalue weighted by Crippen LogP contribution is 2.44. The van der Waals surface area contributed by atoms with Gasteiger partial charge in [-0.15, -0.1) is 0 Å². The number of hydrogen-bond acceptors (Lipinski definition) is 6. The Labute approximate surface area is 247 Å². The summed E-state index contributed by atoms with van der Waals surface area (Å²) in [7, 11) is 1.63. The number of benzene rings is 2. The molecule has 1 unspecified atom stereocenters. The highest BCUT2D eigenvalue weighted by molar-refractivity contribution is 6.07. The number of likely N-dealkylation sites (N-methyl/N-ethyl adjacent to an activating group) is 1. The molecule has 0 radical (unpaired) electrons. The van der Waals surface area contributed by atoms with E-state index in [2.05, 4.69) is 4.90 Å². The Bertz CT molecular complexity index is 1460. The molecule has 2 aromatic carbocycles. The van der Waals surface area contributed by atoms with Gasteiger partial charge in [0.25, 0.3) is 0 Å². The molecule has 9 nitrogen and oxygen atoms in total. The van der Waals surface area contributed by atoms with Gasteiger partial charge in [0.2, 0.25) is 5.91 Å². The lowest BCUT2D eigenvalue weighted by molar-refractivity contribution is -0.137. The molecule has 3 aliphatic rings. The smallest absolute Gasteiger partial charge is 0.379 e. The first-order valence-corrected chi connectivity index (χ1v) is 14.2. The largest absolute Gasteiger partial charge is 0.416 e. The molecular weight excluding hydrogens is 563 g/mol. The number of nitrogens with zero attached hydrogens (tertiary/aromatic N) is 5. The Balaban J connectivity index is 1.55. The Morgan fingerprint density at radius 1 is 1.09 bits per heavy atom. The van der Waals surface area contributed by atoms with Gasteiger partial charge in [0.05, 0.1) is 42.1 Å². The van der Waals surface area contributed by atoms with Crippen LogP contribution in [0.1, 0.15) is 42.0 Å². The average molecular weight is 596 g/mol. The second kappa shape index (κ2) is 12.6. The van der Waals surface area contributed by atoms with Crippen LogP contribution in [0.4, 0.5) is 23.7 Å². The number of nitriles is 1. The number of Topliss-reactive ketones (excluding diaryl/α,β-unsaturated/α-hetero) is 1. The number of anilines is 1. The van der Waals surface area contributed by atoms with E-state index in [0.29, 0.717) is 56.0 Å². The van der Waals surface area contributed by atoms with Crippen LogP contribution in [0, 0.1) is 11.3 Å². The van der Waals surface area contributed by atoms with E-state index in [1.807, 2.05) is 6.07 Å². The van der Waals surface area contributed by atoms with E-state index < -0.39 is 30.4 Å². The van der Waals surface area contributed by atoms with Gasteiger partial charge in [0, 0.05) is 50.9 Å². The Morgan fingerprint density at radius 2 is 1.81 bits per heavy atom. The van der Waals surface area contributed by atoms with Gasteiger partial charge < -0.3 is 14.5 Å². The SMILES string of the molecule is CN(CCN1CCOCC1)C(=O)CN1C(=O)N(c2cccc(C(F)(F)F)c2)C2=C(C(=O)CCC2)C1c1ccc(C#N)cc1. The summed E-state index contributed by atoms with van der Waals surface area (Å²) in [5.74, 6) is -0.616. The Kier molecular flexibility index (Phi) is 8.84. The summed E-state index contributed by atoms with van der Waals surface area (Å²) in [6.07, 6.45) is -3.70.